The van der Waals surface area contributed by atoms with Gasteiger partial charge in [0.05, 0.1) is 6.42 Å². The molecule has 0 saturated carbocycles. The zero-order valence-corrected chi connectivity index (χ0v) is 14.6. The number of benzene rings is 1. The average molecular weight is 341 g/mol. The molecule has 3 heterocycles. The van der Waals surface area contributed by atoms with Gasteiger partial charge in [-0.2, -0.15) is 0 Å². The molecule has 0 aliphatic carbocycles. The lowest BCUT2D eigenvalue weighted by atomic mass is 9.99. The van der Waals surface area contributed by atoms with Crippen LogP contribution in [0.4, 0.5) is 0 Å². The van der Waals surface area contributed by atoms with E-state index < -0.39 is 0 Å². The van der Waals surface area contributed by atoms with Crippen LogP contribution in [0.2, 0.25) is 0 Å². The summed E-state index contributed by atoms with van der Waals surface area (Å²) in [4.78, 5) is 27.3. The van der Waals surface area contributed by atoms with Gasteiger partial charge in [-0.3, -0.25) is 9.59 Å². The number of hydrogen-bond donors (Lipinski definition) is 2. The summed E-state index contributed by atoms with van der Waals surface area (Å²) in [5, 5.41) is 6.84. The monoisotopic (exact) mass is 341 g/mol. The molecule has 3 saturated heterocycles. The van der Waals surface area contributed by atoms with E-state index in [4.69, 9.17) is 0 Å². The molecule has 0 radical (unpaired) electrons. The molecule has 2 bridgehead atoms. The van der Waals surface area contributed by atoms with E-state index in [9.17, 15) is 9.59 Å². The smallest absolute Gasteiger partial charge is 0.243 e. The highest BCUT2D eigenvalue weighted by Gasteiger charge is 2.38. The Kier molecular flexibility index (Phi) is 4.75. The standard InChI is InChI=1S/C20H27N3O2/c24-19(11-14-5-2-1-3-6-14)23-10-4-7-18(23)20(25)22-17-12-15-8-9-16(13-17)21-15/h1-3,5-6,15-18,21H,4,7-13H2,(H,22,25). The zero-order valence-electron chi connectivity index (χ0n) is 14.6. The minimum absolute atomic E-state index is 0.0465. The Morgan fingerprint density at radius 1 is 1.08 bits per heavy atom. The van der Waals surface area contributed by atoms with Gasteiger partial charge in [0.25, 0.3) is 0 Å². The predicted octanol–water partition coefficient (Wildman–Crippen LogP) is 1.62. The second-order valence-electron chi connectivity index (χ2n) is 7.72. The maximum Gasteiger partial charge on any atom is 0.243 e. The molecule has 3 unspecified atom stereocenters. The van der Waals surface area contributed by atoms with Crippen molar-refractivity contribution in [1.29, 1.82) is 0 Å². The topological polar surface area (TPSA) is 61.4 Å². The van der Waals surface area contributed by atoms with Crippen LogP contribution >= 0.6 is 0 Å². The van der Waals surface area contributed by atoms with E-state index >= 15 is 0 Å². The summed E-state index contributed by atoms with van der Waals surface area (Å²) in [5.74, 6) is 0.111. The van der Waals surface area contributed by atoms with Crippen molar-refractivity contribution >= 4 is 11.8 Å². The molecule has 2 N–H and O–H groups in total. The first-order valence-corrected chi connectivity index (χ1v) is 9.59. The molecule has 5 nitrogen and oxygen atoms in total. The summed E-state index contributed by atoms with van der Waals surface area (Å²) in [6.45, 7) is 0.696. The average Bonchev–Trinajstić information content (AvgIpc) is 3.22. The minimum Gasteiger partial charge on any atom is -0.351 e. The molecule has 25 heavy (non-hydrogen) atoms. The van der Waals surface area contributed by atoms with Gasteiger partial charge in [0.2, 0.25) is 11.8 Å². The van der Waals surface area contributed by atoms with Crippen LogP contribution in [0.25, 0.3) is 0 Å². The molecular formula is C20H27N3O2. The Morgan fingerprint density at radius 3 is 2.52 bits per heavy atom. The van der Waals surface area contributed by atoms with Gasteiger partial charge in [-0.1, -0.05) is 30.3 Å². The van der Waals surface area contributed by atoms with E-state index in [0.29, 0.717) is 25.0 Å². The summed E-state index contributed by atoms with van der Waals surface area (Å²) in [7, 11) is 0. The fraction of sp³-hybridized carbons (Fsp3) is 0.600. The predicted molar refractivity (Wildman–Crippen MR) is 96.0 cm³/mol. The van der Waals surface area contributed by atoms with Gasteiger partial charge in [0.1, 0.15) is 6.04 Å². The Bertz CT molecular complexity index is 621. The lowest BCUT2D eigenvalue weighted by Crippen LogP contribution is -2.53. The summed E-state index contributed by atoms with van der Waals surface area (Å²) >= 11 is 0. The highest BCUT2D eigenvalue weighted by atomic mass is 16.2. The number of hydrogen-bond acceptors (Lipinski definition) is 3. The highest BCUT2D eigenvalue weighted by Crippen LogP contribution is 2.27. The normalized spacial score (nSPS) is 31.1. The molecule has 2 amide bonds. The molecule has 5 heteroatoms. The Balaban J connectivity index is 1.35. The maximum absolute atomic E-state index is 12.8. The van der Waals surface area contributed by atoms with Crippen LogP contribution in [0, 0.1) is 0 Å². The summed E-state index contributed by atoms with van der Waals surface area (Å²) < 4.78 is 0. The number of carbonyl (C=O) groups excluding carboxylic acids is 2. The SMILES string of the molecule is O=C(NC1CC2CCC(C1)N2)C1CCCN1C(=O)Cc1ccccc1. The minimum atomic E-state index is -0.288. The van der Waals surface area contributed by atoms with Crippen LogP contribution < -0.4 is 10.6 Å². The van der Waals surface area contributed by atoms with Gasteiger partial charge >= 0.3 is 0 Å². The summed E-state index contributed by atoms with van der Waals surface area (Å²) in [6.07, 6.45) is 6.56. The van der Waals surface area contributed by atoms with E-state index in [1.165, 1.54) is 12.8 Å². The fourth-order valence-corrected chi connectivity index (χ4v) is 4.68. The number of nitrogens with zero attached hydrogens (tertiary/aromatic N) is 1. The molecule has 1 aromatic carbocycles. The van der Waals surface area contributed by atoms with E-state index in [0.717, 1.165) is 31.2 Å². The van der Waals surface area contributed by atoms with Gasteiger partial charge in [-0.05, 0) is 44.1 Å². The van der Waals surface area contributed by atoms with Crippen LogP contribution in [0.3, 0.4) is 0 Å². The third-order valence-corrected chi connectivity index (χ3v) is 5.89. The van der Waals surface area contributed by atoms with Crippen molar-refractivity contribution < 1.29 is 9.59 Å². The lowest BCUT2D eigenvalue weighted by molar-refractivity contribution is -0.138. The first-order valence-electron chi connectivity index (χ1n) is 9.59. The van der Waals surface area contributed by atoms with Gasteiger partial charge < -0.3 is 15.5 Å². The fourth-order valence-electron chi connectivity index (χ4n) is 4.68. The number of likely N-dealkylation sites (tertiary alicyclic amines) is 1. The molecule has 4 rings (SSSR count). The summed E-state index contributed by atoms with van der Waals surface area (Å²) in [6, 6.07) is 10.9. The number of amides is 2. The van der Waals surface area contributed by atoms with Gasteiger partial charge in [-0.15, -0.1) is 0 Å². The molecule has 3 aliphatic heterocycles. The van der Waals surface area contributed by atoms with Gasteiger partial charge in [0, 0.05) is 24.7 Å². The third-order valence-electron chi connectivity index (χ3n) is 5.89. The van der Waals surface area contributed by atoms with Crippen molar-refractivity contribution in [2.45, 2.75) is 69.1 Å². The second-order valence-corrected chi connectivity index (χ2v) is 7.72. The maximum atomic E-state index is 12.8. The molecule has 3 aliphatic rings. The molecule has 134 valence electrons. The van der Waals surface area contributed by atoms with E-state index in [-0.39, 0.29) is 23.9 Å². The first-order chi connectivity index (χ1) is 12.2. The van der Waals surface area contributed by atoms with Crippen molar-refractivity contribution in [2.75, 3.05) is 6.54 Å². The van der Waals surface area contributed by atoms with Gasteiger partial charge in [-0.25, -0.2) is 0 Å². The quantitative estimate of drug-likeness (QED) is 0.875. The Morgan fingerprint density at radius 2 is 1.80 bits per heavy atom. The van der Waals surface area contributed by atoms with Crippen molar-refractivity contribution in [3.63, 3.8) is 0 Å². The van der Waals surface area contributed by atoms with Gasteiger partial charge in [0.15, 0.2) is 0 Å². The van der Waals surface area contributed by atoms with Crippen molar-refractivity contribution in [3.8, 4) is 0 Å². The van der Waals surface area contributed by atoms with Crippen LogP contribution in [0.1, 0.15) is 44.1 Å². The van der Waals surface area contributed by atoms with Crippen LogP contribution in [-0.4, -0.2) is 47.4 Å². The third kappa shape index (κ3) is 3.71. The zero-order chi connectivity index (χ0) is 17.2. The van der Waals surface area contributed by atoms with Crippen molar-refractivity contribution in [2.24, 2.45) is 0 Å². The van der Waals surface area contributed by atoms with Crippen LogP contribution in [-0.2, 0) is 16.0 Å². The molecule has 1 aromatic rings. The number of fused-ring (bicyclic) bond motifs is 2. The lowest BCUT2D eigenvalue weighted by Gasteiger charge is -2.32. The van der Waals surface area contributed by atoms with E-state index in [1.807, 2.05) is 30.3 Å². The van der Waals surface area contributed by atoms with E-state index in [1.54, 1.807) is 4.90 Å². The van der Waals surface area contributed by atoms with Crippen molar-refractivity contribution in [3.05, 3.63) is 35.9 Å². The Hall–Kier alpha value is -1.88. The number of carbonyl (C=O) groups is 2. The number of rotatable bonds is 4. The molecule has 0 spiro atoms. The summed E-state index contributed by atoms with van der Waals surface area (Å²) in [5.41, 5.74) is 1.01. The number of piperidine rings is 1. The second kappa shape index (κ2) is 7.16. The highest BCUT2D eigenvalue weighted by molar-refractivity contribution is 5.89. The van der Waals surface area contributed by atoms with Crippen LogP contribution in [0.5, 0.6) is 0 Å². The molecular weight excluding hydrogens is 314 g/mol. The van der Waals surface area contributed by atoms with Crippen LogP contribution in [0.15, 0.2) is 30.3 Å². The Labute approximate surface area is 149 Å². The largest absolute Gasteiger partial charge is 0.351 e. The first kappa shape index (κ1) is 16.6. The molecule has 3 atom stereocenters. The molecule has 3 fully saturated rings. The van der Waals surface area contributed by atoms with Crippen molar-refractivity contribution in [1.82, 2.24) is 15.5 Å². The number of nitrogens with one attached hydrogen (secondary N) is 2. The molecule has 0 aromatic heterocycles. The van der Waals surface area contributed by atoms with E-state index in [2.05, 4.69) is 10.6 Å².